The standard InChI is InChI=1S/C31H33ClN6S/c1-20-9-12-28(34-17-20)37-14-6-8-27(37)30-29(25-7-4-5-13-33-25)35-31(39)38(30)23-10-11-26(24(32)16-23)36-18-21(2)15-22(3)19-36/h4-14,16-17,21-22,29-30H,15,18-19H2,1-3H3,(H,35,39)/t21-,22+,29-,30-/m0/s1. The monoisotopic (exact) mass is 556 g/mol. The number of nitrogens with zero attached hydrogens (tertiary/aromatic N) is 5. The molecule has 2 aliphatic heterocycles. The first-order valence-electron chi connectivity index (χ1n) is 13.5. The van der Waals surface area contributed by atoms with E-state index in [0.29, 0.717) is 16.9 Å². The van der Waals surface area contributed by atoms with Crippen LogP contribution in [0.5, 0.6) is 0 Å². The zero-order chi connectivity index (χ0) is 27.1. The Balaban J connectivity index is 1.42. The number of benzene rings is 1. The number of rotatable bonds is 5. The average molecular weight is 557 g/mol. The lowest BCUT2D eigenvalue weighted by molar-refractivity contribution is 0.357. The first-order valence-corrected chi connectivity index (χ1v) is 14.3. The highest BCUT2D eigenvalue weighted by atomic mass is 35.5. The molecule has 4 atom stereocenters. The van der Waals surface area contributed by atoms with Gasteiger partial charge in [-0.1, -0.05) is 37.6 Å². The van der Waals surface area contributed by atoms with E-state index in [0.717, 1.165) is 52.3 Å². The van der Waals surface area contributed by atoms with Crippen molar-refractivity contribution in [3.63, 3.8) is 0 Å². The normalized spacial score (nSPS) is 23.2. The van der Waals surface area contributed by atoms with Crippen molar-refractivity contribution in [2.75, 3.05) is 22.9 Å². The Bertz CT molecular complexity index is 1460. The zero-order valence-corrected chi connectivity index (χ0v) is 24.0. The van der Waals surface area contributed by atoms with Gasteiger partial charge in [0.1, 0.15) is 11.9 Å². The minimum Gasteiger partial charge on any atom is -0.370 e. The molecule has 0 saturated carbocycles. The van der Waals surface area contributed by atoms with Crippen molar-refractivity contribution in [1.29, 1.82) is 0 Å². The third kappa shape index (κ3) is 5.01. The Morgan fingerprint density at radius 2 is 1.79 bits per heavy atom. The summed E-state index contributed by atoms with van der Waals surface area (Å²) in [5.74, 6) is 2.15. The van der Waals surface area contributed by atoms with Gasteiger partial charge in [0.2, 0.25) is 0 Å². The molecule has 6 rings (SSSR count). The minimum absolute atomic E-state index is 0.153. The first kappa shape index (κ1) is 25.8. The molecule has 1 aromatic carbocycles. The number of pyridine rings is 2. The van der Waals surface area contributed by atoms with E-state index in [1.807, 2.05) is 43.6 Å². The van der Waals surface area contributed by atoms with Crippen LogP contribution in [0.25, 0.3) is 5.82 Å². The topological polar surface area (TPSA) is 49.2 Å². The molecule has 2 saturated heterocycles. The first-order chi connectivity index (χ1) is 18.9. The van der Waals surface area contributed by atoms with E-state index < -0.39 is 0 Å². The van der Waals surface area contributed by atoms with Gasteiger partial charge in [0, 0.05) is 43.1 Å². The van der Waals surface area contributed by atoms with Crippen LogP contribution in [0.2, 0.25) is 5.02 Å². The summed E-state index contributed by atoms with van der Waals surface area (Å²) in [5.41, 5.74) is 5.15. The van der Waals surface area contributed by atoms with Gasteiger partial charge in [-0.25, -0.2) is 4.98 Å². The van der Waals surface area contributed by atoms with Crippen molar-refractivity contribution in [2.45, 2.75) is 39.3 Å². The number of hydrogen-bond acceptors (Lipinski definition) is 4. The van der Waals surface area contributed by atoms with E-state index in [1.165, 1.54) is 6.42 Å². The molecule has 0 radical (unpaired) electrons. The number of halogens is 1. The van der Waals surface area contributed by atoms with Crippen LogP contribution in [0.4, 0.5) is 11.4 Å². The fraction of sp³-hybridized carbons (Fsp3) is 0.323. The van der Waals surface area contributed by atoms with Gasteiger partial charge in [0.05, 0.1) is 22.4 Å². The lowest BCUT2D eigenvalue weighted by Gasteiger charge is -2.37. The van der Waals surface area contributed by atoms with E-state index in [9.17, 15) is 0 Å². The van der Waals surface area contributed by atoms with Gasteiger partial charge in [-0.05, 0) is 91.5 Å². The average Bonchev–Trinajstić information content (AvgIpc) is 3.53. The van der Waals surface area contributed by atoms with Crippen LogP contribution < -0.4 is 15.1 Å². The van der Waals surface area contributed by atoms with E-state index >= 15 is 0 Å². The molecule has 2 aliphatic rings. The predicted molar refractivity (Wildman–Crippen MR) is 163 cm³/mol. The van der Waals surface area contributed by atoms with Crippen molar-refractivity contribution in [3.05, 3.63) is 101 Å². The maximum atomic E-state index is 6.99. The van der Waals surface area contributed by atoms with Crippen molar-refractivity contribution in [3.8, 4) is 5.82 Å². The Morgan fingerprint density at radius 1 is 0.974 bits per heavy atom. The maximum absolute atomic E-state index is 6.99. The molecular formula is C31H33ClN6S. The van der Waals surface area contributed by atoms with Gasteiger partial charge in [0.25, 0.3) is 0 Å². The second-order valence-electron chi connectivity index (χ2n) is 11.0. The maximum Gasteiger partial charge on any atom is 0.174 e. The van der Waals surface area contributed by atoms with E-state index in [4.69, 9.17) is 33.8 Å². The fourth-order valence-corrected chi connectivity index (χ4v) is 6.78. The van der Waals surface area contributed by atoms with E-state index in [1.54, 1.807) is 0 Å². The number of thiocarbonyl (C=S) groups is 1. The van der Waals surface area contributed by atoms with Crippen molar-refractivity contribution in [2.24, 2.45) is 11.8 Å². The second-order valence-corrected chi connectivity index (χ2v) is 11.8. The van der Waals surface area contributed by atoms with Crippen molar-refractivity contribution >= 4 is 40.3 Å². The number of piperidine rings is 1. The summed E-state index contributed by atoms with van der Waals surface area (Å²) in [6.07, 6.45) is 7.03. The molecule has 0 bridgehead atoms. The molecule has 1 N–H and O–H groups in total. The van der Waals surface area contributed by atoms with Crippen LogP contribution in [0.1, 0.15) is 49.3 Å². The van der Waals surface area contributed by atoms with Crippen molar-refractivity contribution < 1.29 is 0 Å². The molecule has 0 aliphatic carbocycles. The quantitative estimate of drug-likeness (QED) is 0.270. The van der Waals surface area contributed by atoms with Crippen LogP contribution >= 0.6 is 23.8 Å². The lowest BCUT2D eigenvalue weighted by Crippen LogP contribution is -2.38. The largest absolute Gasteiger partial charge is 0.370 e. The third-order valence-corrected chi connectivity index (χ3v) is 8.36. The predicted octanol–water partition coefficient (Wildman–Crippen LogP) is 6.89. The van der Waals surface area contributed by atoms with Gasteiger partial charge >= 0.3 is 0 Å². The number of nitrogens with one attached hydrogen (secondary N) is 1. The zero-order valence-electron chi connectivity index (χ0n) is 22.5. The molecule has 0 spiro atoms. The highest BCUT2D eigenvalue weighted by Gasteiger charge is 2.42. The van der Waals surface area contributed by atoms with Gasteiger partial charge in [-0.2, -0.15) is 0 Å². The van der Waals surface area contributed by atoms with Crippen molar-refractivity contribution in [1.82, 2.24) is 19.9 Å². The highest BCUT2D eigenvalue weighted by Crippen LogP contribution is 2.44. The number of aryl methyl sites for hydroxylation is 1. The SMILES string of the molecule is Cc1ccc(-n2cccc2[C@H]2[C@H](c3ccccn3)NC(=S)N2c2ccc(N3C[C@H](C)C[C@H](C)C3)c(Cl)c2)nc1. The number of anilines is 2. The van der Waals surface area contributed by atoms with Crippen LogP contribution in [-0.2, 0) is 0 Å². The molecular weight excluding hydrogens is 524 g/mol. The third-order valence-electron chi connectivity index (χ3n) is 7.74. The summed E-state index contributed by atoms with van der Waals surface area (Å²) in [6, 6.07) is 20.3. The van der Waals surface area contributed by atoms with Crippen LogP contribution in [0, 0.1) is 18.8 Å². The summed E-state index contributed by atoms with van der Waals surface area (Å²) in [5, 5.41) is 4.95. The fourth-order valence-electron chi connectivity index (χ4n) is 6.14. The number of aromatic nitrogens is 3. The molecule has 6 nitrogen and oxygen atoms in total. The van der Waals surface area contributed by atoms with Gasteiger partial charge in [-0.15, -0.1) is 0 Å². The molecule has 3 aromatic heterocycles. The highest BCUT2D eigenvalue weighted by molar-refractivity contribution is 7.80. The summed E-state index contributed by atoms with van der Waals surface area (Å²) in [7, 11) is 0. The van der Waals surface area contributed by atoms with Gasteiger partial charge in [0.15, 0.2) is 5.11 Å². The Morgan fingerprint density at radius 3 is 2.49 bits per heavy atom. The van der Waals surface area contributed by atoms with Gasteiger partial charge in [-0.3, -0.25) is 4.98 Å². The number of hydrogen-bond donors (Lipinski definition) is 1. The smallest absolute Gasteiger partial charge is 0.174 e. The summed E-state index contributed by atoms with van der Waals surface area (Å²) >= 11 is 13.0. The van der Waals surface area contributed by atoms with Crippen LogP contribution in [-0.4, -0.2) is 32.7 Å². The molecule has 2 fully saturated rings. The summed E-state index contributed by atoms with van der Waals surface area (Å²) in [6.45, 7) is 8.73. The Labute approximate surface area is 240 Å². The molecule has 8 heteroatoms. The van der Waals surface area contributed by atoms with Gasteiger partial charge < -0.3 is 19.7 Å². The Hall–Kier alpha value is -3.42. The molecule has 5 heterocycles. The summed E-state index contributed by atoms with van der Waals surface area (Å²) < 4.78 is 2.13. The van der Waals surface area contributed by atoms with E-state index in [2.05, 4.69) is 76.1 Å². The van der Waals surface area contributed by atoms with Crippen LogP contribution in [0.3, 0.4) is 0 Å². The summed E-state index contributed by atoms with van der Waals surface area (Å²) in [4.78, 5) is 14.0. The van der Waals surface area contributed by atoms with E-state index in [-0.39, 0.29) is 12.1 Å². The lowest BCUT2D eigenvalue weighted by atomic mass is 9.91. The second kappa shape index (κ2) is 10.6. The molecule has 0 unspecified atom stereocenters. The molecule has 200 valence electrons. The molecule has 0 amide bonds. The molecule has 4 aromatic rings. The van der Waals surface area contributed by atoms with Crippen LogP contribution in [0.15, 0.2) is 79.3 Å². The molecule has 39 heavy (non-hydrogen) atoms. The minimum atomic E-state index is -0.164. The Kier molecular flexibility index (Phi) is 7.04.